The van der Waals surface area contributed by atoms with E-state index >= 15 is 0 Å². The molecule has 1 saturated heterocycles. The number of hydrogen-bond acceptors (Lipinski definition) is 8. The summed E-state index contributed by atoms with van der Waals surface area (Å²) in [6.07, 6.45) is 3.00. The number of aliphatic hydroxyl groups is 1. The minimum absolute atomic E-state index is 0.185. The molecule has 2 aromatic heterocycles. The molecule has 0 bridgehead atoms. The third kappa shape index (κ3) is 3.54. The van der Waals surface area contributed by atoms with Crippen LogP contribution >= 0.6 is 11.7 Å². The maximum atomic E-state index is 9.66. The van der Waals surface area contributed by atoms with Crippen molar-refractivity contribution in [3.8, 4) is 0 Å². The first-order chi connectivity index (χ1) is 12.2. The normalized spacial score (nSPS) is 15.7. The average molecular weight is 356 g/mol. The smallest absolute Gasteiger partial charge is 0.134 e. The van der Waals surface area contributed by atoms with E-state index < -0.39 is 0 Å². The van der Waals surface area contributed by atoms with Gasteiger partial charge in [-0.05, 0) is 30.5 Å². The monoisotopic (exact) mass is 356 g/mol. The van der Waals surface area contributed by atoms with E-state index in [1.165, 1.54) is 17.3 Å². The van der Waals surface area contributed by atoms with E-state index in [9.17, 15) is 5.11 Å². The van der Waals surface area contributed by atoms with Crippen LogP contribution in [0.4, 0.5) is 11.6 Å². The zero-order valence-corrected chi connectivity index (χ0v) is 14.9. The Balaban J connectivity index is 1.49. The average Bonchev–Trinajstić information content (AvgIpc) is 3.10. The summed E-state index contributed by atoms with van der Waals surface area (Å²) in [5.74, 6) is 1.80. The van der Waals surface area contributed by atoms with Gasteiger partial charge in [0.25, 0.3) is 0 Å². The molecule has 0 saturated carbocycles. The summed E-state index contributed by atoms with van der Waals surface area (Å²) in [5, 5.41) is 9.66. The highest BCUT2D eigenvalue weighted by Crippen LogP contribution is 2.22. The van der Waals surface area contributed by atoms with E-state index in [1.54, 1.807) is 6.33 Å². The van der Waals surface area contributed by atoms with Gasteiger partial charge in [-0.25, -0.2) is 9.97 Å². The van der Waals surface area contributed by atoms with E-state index in [-0.39, 0.29) is 6.10 Å². The van der Waals surface area contributed by atoms with Gasteiger partial charge in [0.15, 0.2) is 0 Å². The first kappa shape index (κ1) is 16.2. The van der Waals surface area contributed by atoms with Gasteiger partial charge in [0.05, 0.1) is 17.8 Å². The van der Waals surface area contributed by atoms with E-state index in [0.29, 0.717) is 0 Å². The SMILES string of the molecule is CN(Cc1ccc2nsnc2c1)c1cc(N2CCC(O)CC2)ncn1. The number of fused-ring (bicyclic) bond motifs is 1. The highest BCUT2D eigenvalue weighted by molar-refractivity contribution is 7.00. The van der Waals surface area contributed by atoms with Crippen LogP contribution in [0.3, 0.4) is 0 Å². The number of rotatable bonds is 4. The van der Waals surface area contributed by atoms with Gasteiger partial charge in [-0.1, -0.05) is 6.07 Å². The lowest BCUT2D eigenvalue weighted by molar-refractivity contribution is 0.145. The minimum Gasteiger partial charge on any atom is -0.393 e. The Labute approximate surface area is 150 Å². The van der Waals surface area contributed by atoms with Crippen LogP contribution in [-0.2, 0) is 6.54 Å². The summed E-state index contributed by atoms with van der Waals surface area (Å²) in [4.78, 5) is 13.1. The fourth-order valence-electron chi connectivity index (χ4n) is 3.09. The molecule has 0 radical (unpaired) electrons. The van der Waals surface area contributed by atoms with Crippen LogP contribution in [0.15, 0.2) is 30.6 Å². The lowest BCUT2D eigenvalue weighted by atomic mass is 10.1. The second-order valence-corrected chi connectivity index (χ2v) is 6.92. The number of hydrogen-bond donors (Lipinski definition) is 1. The van der Waals surface area contributed by atoms with E-state index in [1.807, 2.05) is 19.2 Å². The summed E-state index contributed by atoms with van der Waals surface area (Å²) in [6.45, 7) is 2.40. The van der Waals surface area contributed by atoms with Crippen molar-refractivity contribution in [2.75, 3.05) is 29.9 Å². The first-order valence-corrected chi connectivity index (χ1v) is 9.09. The maximum absolute atomic E-state index is 9.66. The molecule has 1 aliphatic heterocycles. The molecule has 3 heterocycles. The van der Waals surface area contributed by atoms with Gasteiger partial charge in [-0.15, -0.1) is 0 Å². The van der Waals surface area contributed by atoms with Gasteiger partial charge in [-0.3, -0.25) is 0 Å². The number of anilines is 2. The highest BCUT2D eigenvalue weighted by atomic mass is 32.1. The molecule has 0 unspecified atom stereocenters. The van der Waals surface area contributed by atoms with Crippen molar-refractivity contribution in [3.05, 3.63) is 36.2 Å². The predicted octanol–water partition coefficient (Wildman–Crippen LogP) is 2.08. The molecular weight excluding hydrogens is 336 g/mol. The molecule has 7 nitrogen and oxygen atoms in total. The van der Waals surface area contributed by atoms with Gasteiger partial charge in [0.2, 0.25) is 0 Å². The van der Waals surface area contributed by atoms with Crippen LogP contribution in [0, 0.1) is 0 Å². The second-order valence-electron chi connectivity index (χ2n) is 6.40. The zero-order valence-electron chi connectivity index (χ0n) is 14.0. The quantitative estimate of drug-likeness (QED) is 0.767. The van der Waals surface area contributed by atoms with E-state index in [4.69, 9.17) is 0 Å². The molecule has 4 rings (SSSR count). The van der Waals surface area contributed by atoms with Gasteiger partial charge in [-0.2, -0.15) is 8.75 Å². The summed E-state index contributed by atoms with van der Waals surface area (Å²) in [7, 11) is 2.02. The molecule has 25 heavy (non-hydrogen) atoms. The molecule has 1 fully saturated rings. The van der Waals surface area contributed by atoms with Crippen molar-refractivity contribution in [2.24, 2.45) is 0 Å². The third-order valence-corrected chi connectivity index (χ3v) is 5.11. The highest BCUT2D eigenvalue weighted by Gasteiger charge is 2.19. The van der Waals surface area contributed by atoms with Crippen molar-refractivity contribution in [2.45, 2.75) is 25.5 Å². The summed E-state index contributed by atoms with van der Waals surface area (Å²) >= 11 is 1.24. The van der Waals surface area contributed by atoms with Crippen molar-refractivity contribution < 1.29 is 5.11 Å². The van der Waals surface area contributed by atoms with Crippen LogP contribution in [-0.4, -0.2) is 50.1 Å². The van der Waals surface area contributed by atoms with E-state index in [2.05, 4.69) is 40.6 Å². The van der Waals surface area contributed by atoms with Crippen LogP contribution in [0.5, 0.6) is 0 Å². The van der Waals surface area contributed by atoms with Crippen LogP contribution in [0.25, 0.3) is 11.0 Å². The molecule has 0 spiro atoms. The topological polar surface area (TPSA) is 78.3 Å². The molecule has 1 N–H and O–H groups in total. The van der Waals surface area contributed by atoms with E-state index in [0.717, 1.165) is 55.1 Å². The Morgan fingerprint density at radius 3 is 2.80 bits per heavy atom. The molecule has 3 aromatic rings. The first-order valence-electron chi connectivity index (χ1n) is 8.36. The summed E-state index contributed by atoms with van der Waals surface area (Å²) < 4.78 is 8.54. The molecule has 8 heteroatoms. The summed E-state index contributed by atoms with van der Waals surface area (Å²) in [6, 6.07) is 8.17. The van der Waals surface area contributed by atoms with Crippen molar-refractivity contribution >= 4 is 34.4 Å². The molecule has 0 atom stereocenters. The third-order valence-electron chi connectivity index (χ3n) is 4.56. The van der Waals surface area contributed by atoms with Gasteiger partial charge < -0.3 is 14.9 Å². The predicted molar refractivity (Wildman–Crippen MR) is 99.0 cm³/mol. The minimum atomic E-state index is -0.185. The maximum Gasteiger partial charge on any atom is 0.134 e. The molecule has 0 amide bonds. The zero-order chi connectivity index (χ0) is 17.2. The standard InChI is InChI=1S/C17H20N6OS/c1-22(10-12-2-3-14-15(8-12)21-25-20-14)16-9-17(19-11-18-16)23-6-4-13(24)5-7-23/h2-3,8-9,11,13,24H,4-7,10H2,1H3. The Kier molecular flexibility index (Phi) is 4.46. The second kappa shape index (κ2) is 6.89. The number of nitrogens with zero attached hydrogens (tertiary/aromatic N) is 6. The Morgan fingerprint density at radius 1 is 1.16 bits per heavy atom. The van der Waals surface area contributed by atoms with Crippen molar-refractivity contribution in [3.63, 3.8) is 0 Å². The Bertz CT molecular complexity index is 861. The lowest BCUT2D eigenvalue weighted by Crippen LogP contribution is -2.36. The van der Waals surface area contributed by atoms with Crippen LogP contribution < -0.4 is 9.80 Å². The van der Waals surface area contributed by atoms with Crippen molar-refractivity contribution in [1.29, 1.82) is 0 Å². The summed E-state index contributed by atoms with van der Waals surface area (Å²) in [5.41, 5.74) is 3.04. The number of aliphatic hydroxyl groups excluding tert-OH is 1. The molecular formula is C17H20N6OS. The molecule has 130 valence electrons. The number of aromatic nitrogens is 4. The van der Waals surface area contributed by atoms with Gasteiger partial charge in [0.1, 0.15) is 29.0 Å². The number of benzene rings is 1. The molecule has 0 aliphatic carbocycles. The Hall–Kier alpha value is -2.32. The van der Waals surface area contributed by atoms with Crippen molar-refractivity contribution in [1.82, 2.24) is 18.7 Å². The fourth-order valence-corrected chi connectivity index (χ4v) is 3.61. The van der Waals surface area contributed by atoms with Crippen LogP contribution in [0.1, 0.15) is 18.4 Å². The molecule has 1 aliphatic rings. The number of piperidine rings is 1. The van der Waals surface area contributed by atoms with Gasteiger partial charge >= 0.3 is 0 Å². The molecule has 1 aromatic carbocycles. The fraction of sp³-hybridized carbons (Fsp3) is 0.412. The largest absolute Gasteiger partial charge is 0.393 e. The van der Waals surface area contributed by atoms with Gasteiger partial charge in [0, 0.05) is 32.7 Å². The Morgan fingerprint density at radius 2 is 1.96 bits per heavy atom. The van der Waals surface area contributed by atoms with Crippen LogP contribution in [0.2, 0.25) is 0 Å². The lowest BCUT2D eigenvalue weighted by Gasteiger charge is -2.31.